The molecule has 1 unspecified atom stereocenters. The van der Waals surface area contributed by atoms with Crippen molar-refractivity contribution in [2.45, 2.75) is 24.0 Å². The Bertz CT molecular complexity index is 1160. The highest BCUT2D eigenvalue weighted by Gasteiger charge is 2.34. The number of nitrogens with one attached hydrogen (secondary N) is 1. The summed E-state index contributed by atoms with van der Waals surface area (Å²) in [7, 11) is -3.57. The van der Waals surface area contributed by atoms with Crippen LogP contribution in [0, 0.1) is 12.8 Å². The van der Waals surface area contributed by atoms with Crippen molar-refractivity contribution in [1.29, 1.82) is 0 Å². The van der Waals surface area contributed by atoms with Crippen LogP contribution in [0.5, 0.6) is 0 Å². The summed E-state index contributed by atoms with van der Waals surface area (Å²) in [5, 5.41) is 9.68. The first kappa shape index (κ1) is 21.0. The monoisotopic (exact) mass is 464 g/mol. The van der Waals surface area contributed by atoms with Crippen LogP contribution in [0.4, 0.5) is 5.82 Å². The fourth-order valence-corrected chi connectivity index (χ4v) is 6.39. The largest absolute Gasteiger partial charge is 0.310 e. The van der Waals surface area contributed by atoms with Crippen LogP contribution in [-0.4, -0.2) is 41.5 Å². The molecule has 30 heavy (non-hydrogen) atoms. The van der Waals surface area contributed by atoms with Gasteiger partial charge in [-0.25, -0.2) is 13.1 Å². The Morgan fingerprint density at radius 2 is 2.10 bits per heavy atom. The molecule has 3 heterocycles. The number of anilines is 1. The summed E-state index contributed by atoms with van der Waals surface area (Å²) in [4.78, 5) is 13.0. The minimum absolute atomic E-state index is 0.163. The molecule has 10 heteroatoms. The molecule has 1 aliphatic rings. The van der Waals surface area contributed by atoms with Gasteiger partial charge in [0, 0.05) is 24.2 Å². The number of nitrogens with zero attached hydrogens (tertiary/aromatic N) is 3. The molecule has 1 atom stereocenters. The molecule has 1 fully saturated rings. The molecule has 1 saturated heterocycles. The summed E-state index contributed by atoms with van der Waals surface area (Å²) in [6.45, 7) is 2.42. The van der Waals surface area contributed by atoms with E-state index < -0.39 is 15.9 Å². The predicted octanol–water partition coefficient (Wildman–Crippen LogP) is 3.94. The minimum Gasteiger partial charge on any atom is -0.310 e. The van der Waals surface area contributed by atoms with Gasteiger partial charge in [-0.2, -0.15) is 9.40 Å². The highest BCUT2D eigenvalue weighted by atomic mass is 35.5. The van der Waals surface area contributed by atoms with Gasteiger partial charge in [-0.1, -0.05) is 23.7 Å². The highest BCUT2D eigenvalue weighted by molar-refractivity contribution is 7.91. The molecule has 0 radical (unpaired) electrons. The van der Waals surface area contributed by atoms with Gasteiger partial charge in [0.25, 0.3) is 10.0 Å². The zero-order valence-corrected chi connectivity index (χ0v) is 18.7. The number of sulfonamides is 1. The second kappa shape index (κ2) is 8.50. The van der Waals surface area contributed by atoms with Gasteiger partial charge in [-0.3, -0.25) is 4.79 Å². The van der Waals surface area contributed by atoms with Crippen LogP contribution in [0.3, 0.4) is 0 Å². The number of carbonyl (C=O) groups excluding carboxylic acids is 1. The number of benzene rings is 1. The molecule has 0 spiro atoms. The molecular formula is C20H21ClN4O3S2. The van der Waals surface area contributed by atoms with E-state index in [0.717, 1.165) is 11.4 Å². The predicted molar refractivity (Wildman–Crippen MR) is 118 cm³/mol. The Labute approximate surface area is 184 Å². The van der Waals surface area contributed by atoms with Crippen molar-refractivity contribution in [3.63, 3.8) is 0 Å². The van der Waals surface area contributed by atoms with Crippen LogP contribution in [-0.2, 0) is 14.8 Å². The fraction of sp³-hybridized carbons (Fsp3) is 0.300. The van der Waals surface area contributed by atoms with Gasteiger partial charge in [0.2, 0.25) is 5.91 Å². The van der Waals surface area contributed by atoms with Crippen molar-refractivity contribution in [1.82, 2.24) is 14.1 Å². The third-order valence-electron chi connectivity index (χ3n) is 4.98. The van der Waals surface area contributed by atoms with Gasteiger partial charge in [0.1, 0.15) is 10.0 Å². The van der Waals surface area contributed by atoms with E-state index in [9.17, 15) is 13.2 Å². The molecule has 1 aliphatic heterocycles. The average molecular weight is 465 g/mol. The Kier molecular flexibility index (Phi) is 5.97. The van der Waals surface area contributed by atoms with E-state index in [0.29, 0.717) is 34.4 Å². The number of thiophene rings is 1. The third-order valence-corrected chi connectivity index (χ3v) is 8.45. The van der Waals surface area contributed by atoms with Crippen molar-refractivity contribution in [2.24, 2.45) is 5.92 Å². The van der Waals surface area contributed by atoms with Crippen molar-refractivity contribution >= 4 is 44.7 Å². The molecule has 0 aliphatic carbocycles. The molecule has 0 bridgehead atoms. The maximum atomic E-state index is 13.0. The highest BCUT2D eigenvalue weighted by Crippen LogP contribution is 2.27. The molecule has 2 aromatic heterocycles. The van der Waals surface area contributed by atoms with Gasteiger partial charge in [-0.15, -0.1) is 11.3 Å². The first-order valence-corrected chi connectivity index (χ1v) is 12.2. The van der Waals surface area contributed by atoms with Crippen molar-refractivity contribution < 1.29 is 13.2 Å². The van der Waals surface area contributed by atoms with Gasteiger partial charge in [-0.05, 0) is 49.4 Å². The number of piperidine rings is 1. The SMILES string of the molecule is Cc1cc(NC(=O)C2CCCN(S(=O)(=O)c3cccs3)C2)n(-c2cccc(Cl)c2)n1. The fourth-order valence-electron chi connectivity index (χ4n) is 3.53. The van der Waals surface area contributed by atoms with Crippen LogP contribution in [0.2, 0.25) is 5.02 Å². The number of hydrogen-bond donors (Lipinski definition) is 1. The normalized spacial score (nSPS) is 17.7. The summed E-state index contributed by atoms with van der Waals surface area (Å²) in [5.41, 5.74) is 1.48. The zero-order chi connectivity index (χ0) is 21.3. The maximum absolute atomic E-state index is 13.0. The lowest BCUT2D eigenvalue weighted by Crippen LogP contribution is -2.43. The summed E-state index contributed by atoms with van der Waals surface area (Å²) < 4.78 is 29.0. The lowest BCUT2D eigenvalue weighted by atomic mass is 9.99. The molecule has 3 aromatic rings. The van der Waals surface area contributed by atoms with Gasteiger partial charge in [0.05, 0.1) is 17.3 Å². The van der Waals surface area contributed by atoms with E-state index in [4.69, 9.17) is 11.6 Å². The summed E-state index contributed by atoms with van der Waals surface area (Å²) in [6.07, 6.45) is 1.27. The molecule has 7 nitrogen and oxygen atoms in total. The molecule has 1 aromatic carbocycles. The number of amides is 1. The number of hydrogen-bond acceptors (Lipinski definition) is 5. The Hall–Kier alpha value is -2.20. The van der Waals surface area contributed by atoms with E-state index in [1.54, 1.807) is 40.4 Å². The van der Waals surface area contributed by atoms with Crippen molar-refractivity contribution in [3.05, 3.63) is 58.6 Å². The Morgan fingerprint density at radius 3 is 2.83 bits per heavy atom. The second-order valence-corrected chi connectivity index (χ2v) is 10.7. The molecule has 158 valence electrons. The van der Waals surface area contributed by atoms with E-state index in [1.807, 2.05) is 19.1 Å². The maximum Gasteiger partial charge on any atom is 0.252 e. The number of aromatic nitrogens is 2. The van der Waals surface area contributed by atoms with Crippen molar-refractivity contribution in [2.75, 3.05) is 18.4 Å². The molecule has 1 amide bonds. The topological polar surface area (TPSA) is 84.3 Å². The van der Waals surface area contributed by atoms with E-state index in [2.05, 4.69) is 10.4 Å². The second-order valence-electron chi connectivity index (χ2n) is 7.19. The number of rotatable bonds is 5. The first-order chi connectivity index (χ1) is 14.3. The smallest absolute Gasteiger partial charge is 0.252 e. The van der Waals surface area contributed by atoms with Crippen LogP contribution in [0.15, 0.2) is 52.1 Å². The van der Waals surface area contributed by atoms with E-state index in [1.165, 1.54) is 15.6 Å². The van der Waals surface area contributed by atoms with Crippen LogP contribution < -0.4 is 5.32 Å². The van der Waals surface area contributed by atoms with Gasteiger partial charge in [0.15, 0.2) is 0 Å². The van der Waals surface area contributed by atoms with E-state index >= 15 is 0 Å². The summed E-state index contributed by atoms with van der Waals surface area (Å²) in [6, 6.07) is 12.3. The van der Waals surface area contributed by atoms with Crippen molar-refractivity contribution in [3.8, 4) is 5.69 Å². The summed E-state index contributed by atoms with van der Waals surface area (Å²) in [5.74, 6) is -0.126. The van der Waals surface area contributed by atoms with E-state index in [-0.39, 0.29) is 12.5 Å². The van der Waals surface area contributed by atoms with Crippen LogP contribution in [0.25, 0.3) is 5.69 Å². The van der Waals surface area contributed by atoms with Crippen LogP contribution >= 0.6 is 22.9 Å². The van der Waals surface area contributed by atoms with Gasteiger partial charge >= 0.3 is 0 Å². The molecule has 4 rings (SSSR count). The Balaban J connectivity index is 1.52. The molecule has 0 saturated carbocycles. The Morgan fingerprint density at radius 1 is 1.27 bits per heavy atom. The lowest BCUT2D eigenvalue weighted by molar-refractivity contribution is -0.120. The molecule has 1 N–H and O–H groups in total. The average Bonchev–Trinajstić information content (AvgIpc) is 3.38. The van der Waals surface area contributed by atoms with Gasteiger partial charge < -0.3 is 5.32 Å². The zero-order valence-electron chi connectivity index (χ0n) is 16.3. The third kappa shape index (κ3) is 4.29. The number of aryl methyl sites for hydroxylation is 1. The molecular weight excluding hydrogens is 444 g/mol. The number of halogens is 1. The summed E-state index contributed by atoms with van der Waals surface area (Å²) >= 11 is 7.28. The standard InChI is InChI=1S/C20H21ClN4O3S2/c1-14-11-18(25(23-14)17-7-2-6-16(21)12-17)22-20(26)15-5-3-9-24(13-15)30(27,28)19-8-4-10-29-19/h2,4,6-8,10-12,15H,3,5,9,13H2,1H3,(H,22,26). The minimum atomic E-state index is -3.57. The van der Waals surface area contributed by atoms with Crippen LogP contribution in [0.1, 0.15) is 18.5 Å². The lowest BCUT2D eigenvalue weighted by Gasteiger charge is -2.30. The quantitative estimate of drug-likeness (QED) is 0.619. The first-order valence-electron chi connectivity index (χ1n) is 9.52. The number of carbonyl (C=O) groups is 1.